The molecule has 2 aromatic heterocycles. The van der Waals surface area contributed by atoms with Crippen LogP contribution in [0.1, 0.15) is 19.9 Å². The molecule has 0 spiro atoms. The Balaban J connectivity index is 1.41. The maximum absolute atomic E-state index is 12.2. The third kappa shape index (κ3) is 4.77. The van der Waals surface area contributed by atoms with Crippen LogP contribution in [0, 0.1) is 0 Å². The van der Waals surface area contributed by atoms with Crippen LogP contribution in [-0.2, 0) is 4.74 Å². The van der Waals surface area contributed by atoms with Gasteiger partial charge in [-0.05, 0) is 44.2 Å². The van der Waals surface area contributed by atoms with Gasteiger partial charge in [-0.15, -0.1) is 0 Å². The average Bonchev–Trinajstić information content (AvgIpc) is 2.75. The van der Waals surface area contributed by atoms with E-state index >= 15 is 0 Å². The molecule has 4 rings (SSSR count). The number of hydrogen-bond donors (Lipinski definition) is 1. The summed E-state index contributed by atoms with van der Waals surface area (Å²) in [5.41, 5.74) is 1.41. The number of ether oxygens (including phenoxy) is 2. The van der Waals surface area contributed by atoms with Gasteiger partial charge in [0.1, 0.15) is 18.0 Å². The van der Waals surface area contributed by atoms with Crippen LogP contribution in [0.15, 0.2) is 47.4 Å². The number of hydrogen-bond acceptors (Lipinski definition) is 7. The van der Waals surface area contributed by atoms with Crippen molar-refractivity contribution in [1.82, 2.24) is 19.4 Å². The summed E-state index contributed by atoms with van der Waals surface area (Å²) in [6.07, 6.45) is 1.73. The largest absolute Gasteiger partial charge is 0.492 e. The van der Waals surface area contributed by atoms with E-state index in [2.05, 4.69) is 20.2 Å². The molecule has 1 aliphatic rings. The molecular formula is C22H27N5O3. The highest BCUT2D eigenvalue weighted by molar-refractivity contribution is 5.75. The molecule has 1 aliphatic heterocycles. The molecule has 3 heterocycles. The van der Waals surface area contributed by atoms with Crippen molar-refractivity contribution in [1.29, 1.82) is 0 Å². The summed E-state index contributed by atoms with van der Waals surface area (Å²) < 4.78 is 12.9. The van der Waals surface area contributed by atoms with Crippen molar-refractivity contribution in [2.75, 3.05) is 44.8 Å². The van der Waals surface area contributed by atoms with E-state index in [1.807, 2.05) is 38.1 Å². The van der Waals surface area contributed by atoms with Gasteiger partial charge < -0.3 is 14.8 Å². The second-order valence-electron chi connectivity index (χ2n) is 7.56. The van der Waals surface area contributed by atoms with Crippen molar-refractivity contribution < 1.29 is 9.47 Å². The van der Waals surface area contributed by atoms with Crippen molar-refractivity contribution in [3.8, 4) is 5.75 Å². The molecule has 0 radical (unpaired) electrons. The highest BCUT2D eigenvalue weighted by Gasteiger charge is 2.11. The lowest BCUT2D eigenvalue weighted by Gasteiger charge is -2.26. The fraction of sp³-hybridized carbons (Fsp3) is 0.409. The molecule has 0 aliphatic carbocycles. The number of nitrogens with one attached hydrogen (secondary N) is 1. The first-order valence-corrected chi connectivity index (χ1v) is 10.3. The summed E-state index contributed by atoms with van der Waals surface area (Å²) in [6, 6.07) is 11.0. The molecule has 1 fully saturated rings. The Kier molecular flexibility index (Phi) is 6.25. The quantitative estimate of drug-likeness (QED) is 0.643. The summed E-state index contributed by atoms with van der Waals surface area (Å²) >= 11 is 0. The number of nitrogens with zero attached hydrogens (tertiary/aromatic N) is 4. The van der Waals surface area contributed by atoms with Crippen molar-refractivity contribution in [2.45, 2.75) is 19.9 Å². The van der Waals surface area contributed by atoms with Crippen LogP contribution in [0.4, 0.5) is 11.6 Å². The summed E-state index contributed by atoms with van der Waals surface area (Å²) in [6.45, 7) is 8.99. The summed E-state index contributed by atoms with van der Waals surface area (Å²) in [5.74, 6) is 1.27. The second kappa shape index (κ2) is 9.23. The van der Waals surface area contributed by atoms with Crippen molar-refractivity contribution in [3.63, 3.8) is 0 Å². The molecule has 3 aromatic rings. The standard InChI is InChI=1S/C22H27N5O3/c1-16(2)27-20(28)8-3-17-15-23-22(25-21(17)27)24-18-4-6-19(7-5-18)30-14-11-26-9-12-29-13-10-26/h3-8,15-16H,9-14H2,1-2H3,(H,23,24,25). The number of aromatic nitrogens is 3. The molecular weight excluding hydrogens is 382 g/mol. The molecule has 30 heavy (non-hydrogen) atoms. The Morgan fingerprint density at radius 1 is 1.13 bits per heavy atom. The van der Waals surface area contributed by atoms with Crippen LogP contribution in [0.5, 0.6) is 5.75 Å². The van der Waals surface area contributed by atoms with E-state index in [9.17, 15) is 4.79 Å². The predicted molar refractivity (Wildman–Crippen MR) is 117 cm³/mol. The number of fused-ring (bicyclic) bond motifs is 1. The maximum atomic E-state index is 12.2. The average molecular weight is 409 g/mol. The number of morpholine rings is 1. The number of anilines is 2. The van der Waals surface area contributed by atoms with Crippen molar-refractivity contribution >= 4 is 22.7 Å². The fourth-order valence-corrected chi connectivity index (χ4v) is 3.48. The van der Waals surface area contributed by atoms with E-state index in [4.69, 9.17) is 9.47 Å². The minimum absolute atomic E-state index is 0.0119. The molecule has 1 N–H and O–H groups in total. The SMILES string of the molecule is CC(C)n1c(=O)ccc2cnc(Nc3ccc(OCCN4CCOCC4)cc3)nc21. The topological polar surface area (TPSA) is 81.5 Å². The lowest BCUT2D eigenvalue weighted by molar-refractivity contribution is 0.0322. The first-order valence-electron chi connectivity index (χ1n) is 10.3. The summed E-state index contributed by atoms with van der Waals surface area (Å²) in [7, 11) is 0. The maximum Gasteiger partial charge on any atom is 0.252 e. The zero-order chi connectivity index (χ0) is 20.9. The number of benzene rings is 1. The zero-order valence-corrected chi connectivity index (χ0v) is 17.4. The first-order chi connectivity index (χ1) is 14.6. The second-order valence-corrected chi connectivity index (χ2v) is 7.56. The molecule has 0 amide bonds. The molecule has 0 atom stereocenters. The van der Waals surface area contributed by atoms with E-state index < -0.39 is 0 Å². The Morgan fingerprint density at radius 2 is 1.90 bits per heavy atom. The van der Waals surface area contributed by atoms with Crippen LogP contribution >= 0.6 is 0 Å². The van der Waals surface area contributed by atoms with Gasteiger partial charge in [-0.3, -0.25) is 14.3 Å². The van der Waals surface area contributed by atoms with Gasteiger partial charge in [0.25, 0.3) is 5.56 Å². The Morgan fingerprint density at radius 3 is 2.63 bits per heavy atom. The summed E-state index contributed by atoms with van der Waals surface area (Å²) in [4.78, 5) is 23.5. The van der Waals surface area contributed by atoms with Crippen LogP contribution < -0.4 is 15.6 Å². The molecule has 1 aromatic carbocycles. The minimum Gasteiger partial charge on any atom is -0.492 e. The molecule has 8 heteroatoms. The Hall–Kier alpha value is -2.97. The summed E-state index contributed by atoms with van der Waals surface area (Å²) in [5, 5.41) is 4.03. The van der Waals surface area contributed by atoms with Crippen molar-refractivity contribution in [3.05, 3.63) is 52.9 Å². The van der Waals surface area contributed by atoms with E-state index in [1.54, 1.807) is 22.9 Å². The lowest BCUT2D eigenvalue weighted by atomic mass is 10.3. The fourth-order valence-electron chi connectivity index (χ4n) is 3.48. The van der Waals surface area contributed by atoms with Crippen LogP contribution in [0.3, 0.4) is 0 Å². The normalized spacial score (nSPS) is 14.9. The van der Waals surface area contributed by atoms with E-state index in [-0.39, 0.29) is 11.6 Å². The van der Waals surface area contributed by atoms with E-state index in [0.717, 1.165) is 49.7 Å². The van der Waals surface area contributed by atoms with Crippen LogP contribution in [0.2, 0.25) is 0 Å². The van der Waals surface area contributed by atoms with Gasteiger partial charge in [0.15, 0.2) is 0 Å². The van der Waals surface area contributed by atoms with E-state index in [0.29, 0.717) is 18.2 Å². The van der Waals surface area contributed by atoms with Crippen LogP contribution in [0.25, 0.3) is 11.0 Å². The van der Waals surface area contributed by atoms with Crippen molar-refractivity contribution in [2.24, 2.45) is 0 Å². The van der Waals surface area contributed by atoms with Gasteiger partial charge in [0, 0.05) is 49.0 Å². The van der Waals surface area contributed by atoms with Gasteiger partial charge in [0.2, 0.25) is 5.95 Å². The van der Waals surface area contributed by atoms with Gasteiger partial charge in [-0.25, -0.2) is 4.98 Å². The third-order valence-corrected chi connectivity index (χ3v) is 5.07. The lowest BCUT2D eigenvalue weighted by Crippen LogP contribution is -2.38. The van der Waals surface area contributed by atoms with Gasteiger partial charge in [-0.1, -0.05) is 0 Å². The third-order valence-electron chi connectivity index (χ3n) is 5.07. The molecule has 158 valence electrons. The Labute approximate surface area is 175 Å². The molecule has 0 unspecified atom stereocenters. The first kappa shape index (κ1) is 20.3. The van der Waals surface area contributed by atoms with Gasteiger partial charge in [0.05, 0.1) is 13.2 Å². The molecule has 0 saturated carbocycles. The predicted octanol–water partition coefficient (Wildman–Crippen LogP) is 2.83. The minimum atomic E-state index is -0.0688. The smallest absolute Gasteiger partial charge is 0.252 e. The number of pyridine rings is 1. The van der Waals surface area contributed by atoms with E-state index in [1.165, 1.54) is 0 Å². The Bertz CT molecular complexity index is 1040. The highest BCUT2D eigenvalue weighted by atomic mass is 16.5. The van der Waals surface area contributed by atoms with Crippen LogP contribution in [-0.4, -0.2) is 58.9 Å². The molecule has 0 bridgehead atoms. The zero-order valence-electron chi connectivity index (χ0n) is 17.4. The monoisotopic (exact) mass is 409 g/mol. The highest BCUT2D eigenvalue weighted by Crippen LogP contribution is 2.20. The van der Waals surface area contributed by atoms with Gasteiger partial charge in [-0.2, -0.15) is 4.98 Å². The molecule has 1 saturated heterocycles. The number of rotatable bonds is 7. The molecule has 8 nitrogen and oxygen atoms in total. The van der Waals surface area contributed by atoms with Gasteiger partial charge >= 0.3 is 0 Å².